The lowest BCUT2D eigenvalue weighted by atomic mass is 10.1. The Morgan fingerprint density at radius 3 is 2.85 bits per heavy atom. The Kier molecular flexibility index (Phi) is 3.28. The molecule has 0 saturated heterocycles. The summed E-state index contributed by atoms with van der Waals surface area (Å²) in [5.74, 6) is 5.44. The molecule has 4 heteroatoms. The van der Waals surface area contributed by atoms with E-state index < -0.39 is 0 Å². The largest absolute Gasteiger partial charge is 0.496 e. The topological polar surface area (TPSA) is 64.3 Å². The number of nitrogens with one attached hydrogen (secondary N) is 1. The van der Waals surface area contributed by atoms with Crippen LogP contribution in [0.5, 0.6) is 5.75 Å². The van der Waals surface area contributed by atoms with Crippen LogP contribution in [0, 0.1) is 0 Å². The summed E-state index contributed by atoms with van der Waals surface area (Å²) in [5, 5.41) is 0. The normalized spacial score (nSPS) is 9.38. The number of ether oxygens (including phenoxy) is 1. The van der Waals surface area contributed by atoms with Gasteiger partial charge in [0.15, 0.2) is 0 Å². The molecule has 1 rings (SSSR count). The van der Waals surface area contributed by atoms with Crippen molar-refractivity contribution >= 4 is 5.91 Å². The Balaban J connectivity index is 2.81. The second-order valence-electron chi connectivity index (χ2n) is 2.56. The van der Waals surface area contributed by atoms with Gasteiger partial charge in [-0.1, -0.05) is 18.2 Å². The molecule has 0 aliphatic rings. The van der Waals surface area contributed by atoms with Gasteiger partial charge in [-0.05, 0) is 6.07 Å². The first-order valence-electron chi connectivity index (χ1n) is 3.89. The van der Waals surface area contributed by atoms with Crippen LogP contribution in [0.15, 0.2) is 24.3 Å². The minimum Gasteiger partial charge on any atom is -0.496 e. The number of benzene rings is 1. The molecule has 1 aromatic rings. The number of hydrazine groups is 1. The van der Waals surface area contributed by atoms with Gasteiger partial charge in [-0.25, -0.2) is 5.84 Å². The molecule has 1 aromatic carbocycles. The van der Waals surface area contributed by atoms with Crippen LogP contribution in [0.2, 0.25) is 0 Å². The summed E-state index contributed by atoms with van der Waals surface area (Å²) in [4.78, 5) is 11.0. The number of nitrogens with two attached hydrogens (primary N) is 1. The first-order valence-corrected chi connectivity index (χ1v) is 3.89. The third-order valence-corrected chi connectivity index (χ3v) is 1.70. The number of hydrogen-bond acceptors (Lipinski definition) is 3. The molecule has 0 aromatic heterocycles. The van der Waals surface area contributed by atoms with E-state index in [0.717, 1.165) is 5.56 Å². The van der Waals surface area contributed by atoms with Gasteiger partial charge in [-0.3, -0.25) is 10.2 Å². The number of carbonyl (C=O) groups excluding carboxylic acids is 1. The molecule has 0 heterocycles. The van der Waals surface area contributed by atoms with Gasteiger partial charge in [0.25, 0.3) is 0 Å². The van der Waals surface area contributed by atoms with Crippen molar-refractivity contribution in [2.24, 2.45) is 5.84 Å². The molecule has 3 N–H and O–H groups in total. The molecule has 0 aliphatic carbocycles. The maximum Gasteiger partial charge on any atom is 0.238 e. The highest BCUT2D eigenvalue weighted by molar-refractivity contribution is 5.78. The number of rotatable bonds is 3. The summed E-state index contributed by atoms with van der Waals surface area (Å²) in [6.07, 6.45) is 0.237. The number of carbonyl (C=O) groups is 1. The van der Waals surface area contributed by atoms with Gasteiger partial charge >= 0.3 is 0 Å². The maximum atomic E-state index is 11.0. The van der Waals surface area contributed by atoms with Crippen LogP contribution in [0.1, 0.15) is 5.56 Å². The summed E-state index contributed by atoms with van der Waals surface area (Å²) in [6, 6.07) is 7.33. The second kappa shape index (κ2) is 4.47. The van der Waals surface area contributed by atoms with Crippen LogP contribution in [-0.4, -0.2) is 13.0 Å². The van der Waals surface area contributed by atoms with Gasteiger partial charge in [-0.2, -0.15) is 0 Å². The molecule has 70 valence electrons. The average molecular weight is 180 g/mol. The van der Waals surface area contributed by atoms with Gasteiger partial charge in [0.2, 0.25) is 5.91 Å². The first-order chi connectivity index (χ1) is 6.27. The van der Waals surface area contributed by atoms with E-state index in [1.165, 1.54) is 0 Å². The van der Waals surface area contributed by atoms with Crippen molar-refractivity contribution in [1.29, 1.82) is 0 Å². The fourth-order valence-corrected chi connectivity index (χ4v) is 1.07. The minimum absolute atomic E-state index is 0.232. The zero-order chi connectivity index (χ0) is 9.68. The molecule has 0 unspecified atom stereocenters. The Hall–Kier alpha value is -1.55. The lowest BCUT2D eigenvalue weighted by molar-refractivity contribution is -0.120. The summed E-state index contributed by atoms with van der Waals surface area (Å²) in [5.41, 5.74) is 2.90. The third kappa shape index (κ3) is 2.45. The predicted molar refractivity (Wildman–Crippen MR) is 49.0 cm³/mol. The SMILES string of the molecule is COc1ccccc1CC(=O)NN. The van der Waals surface area contributed by atoms with Crippen LogP contribution < -0.4 is 16.0 Å². The molecular weight excluding hydrogens is 168 g/mol. The fourth-order valence-electron chi connectivity index (χ4n) is 1.07. The van der Waals surface area contributed by atoms with E-state index in [9.17, 15) is 4.79 Å². The van der Waals surface area contributed by atoms with E-state index in [2.05, 4.69) is 5.43 Å². The Morgan fingerprint density at radius 1 is 1.54 bits per heavy atom. The fraction of sp³-hybridized carbons (Fsp3) is 0.222. The van der Waals surface area contributed by atoms with E-state index in [1.807, 2.05) is 18.2 Å². The molecule has 0 saturated carbocycles. The molecule has 0 aliphatic heterocycles. The number of methoxy groups -OCH3 is 1. The lowest BCUT2D eigenvalue weighted by Crippen LogP contribution is -2.31. The van der Waals surface area contributed by atoms with E-state index in [4.69, 9.17) is 10.6 Å². The maximum absolute atomic E-state index is 11.0. The lowest BCUT2D eigenvalue weighted by Gasteiger charge is -2.06. The van der Waals surface area contributed by atoms with Crippen molar-refractivity contribution in [3.8, 4) is 5.75 Å². The molecule has 0 fully saturated rings. The summed E-state index contributed by atoms with van der Waals surface area (Å²) in [6.45, 7) is 0. The number of para-hydroxylation sites is 1. The smallest absolute Gasteiger partial charge is 0.238 e. The molecule has 1 amide bonds. The van der Waals surface area contributed by atoms with Crippen LogP contribution in [-0.2, 0) is 11.2 Å². The average Bonchev–Trinajstić information content (AvgIpc) is 2.18. The third-order valence-electron chi connectivity index (χ3n) is 1.70. The van der Waals surface area contributed by atoms with Crippen LogP contribution in [0.4, 0.5) is 0 Å². The van der Waals surface area contributed by atoms with Gasteiger partial charge in [0, 0.05) is 5.56 Å². The molecule has 13 heavy (non-hydrogen) atoms. The Bertz CT molecular complexity index is 299. The number of hydrogen-bond donors (Lipinski definition) is 2. The van der Waals surface area contributed by atoms with Crippen molar-refractivity contribution in [1.82, 2.24) is 5.43 Å². The predicted octanol–water partition coefficient (Wildman–Crippen LogP) is 0.228. The summed E-state index contributed by atoms with van der Waals surface area (Å²) in [7, 11) is 1.57. The molecule has 4 nitrogen and oxygen atoms in total. The van der Waals surface area contributed by atoms with E-state index >= 15 is 0 Å². The second-order valence-corrected chi connectivity index (χ2v) is 2.56. The number of amides is 1. The van der Waals surface area contributed by atoms with E-state index in [-0.39, 0.29) is 12.3 Å². The highest BCUT2D eigenvalue weighted by atomic mass is 16.5. The van der Waals surface area contributed by atoms with Crippen LogP contribution >= 0.6 is 0 Å². The van der Waals surface area contributed by atoms with Gasteiger partial charge < -0.3 is 4.74 Å². The monoisotopic (exact) mass is 180 g/mol. The van der Waals surface area contributed by atoms with Crippen molar-refractivity contribution in [3.63, 3.8) is 0 Å². The van der Waals surface area contributed by atoms with Crippen LogP contribution in [0.3, 0.4) is 0 Å². The van der Waals surface area contributed by atoms with Crippen LogP contribution in [0.25, 0.3) is 0 Å². The summed E-state index contributed by atoms with van der Waals surface area (Å²) >= 11 is 0. The van der Waals surface area contributed by atoms with E-state index in [1.54, 1.807) is 13.2 Å². The zero-order valence-electron chi connectivity index (χ0n) is 7.41. The minimum atomic E-state index is -0.232. The summed E-state index contributed by atoms with van der Waals surface area (Å²) < 4.78 is 5.07. The Labute approximate surface area is 76.7 Å². The van der Waals surface area contributed by atoms with Crippen molar-refractivity contribution in [3.05, 3.63) is 29.8 Å². The molecular formula is C9H12N2O2. The first kappa shape index (κ1) is 9.54. The molecule has 0 bridgehead atoms. The highest BCUT2D eigenvalue weighted by Crippen LogP contribution is 2.17. The zero-order valence-corrected chi connectivity index (χ0v) is 7.41. The van der Waals surface area contributed by atoms with Crippen molar-refractivity contribution in [2.75, 3.05) is 7.11 Å². The van der Waals surface area contributed by atoms with Crippen molar-refractivity contribution in [2.45, 2.75) is 6.42 Å². The van der Waals surface area contributed by atoms with Crippen molar-refractivity contribution < 1.29 is 9.53 Å². The van der Waals surface area contributed by atoms with Gasteiger partial charge in [0.05, 0.1) is 13.5 Å². The van der Waals surface area contributed by atoms with Gasteiger partial charge in [-0.15, -0.1) is 0 Å². The molecule has 0 spiro atoms. The molecule has 0 radical (unpaired) electrons. The van der Waals surface area contributed by atoms with Gasteiger partial charge in [0.1, 0.15) is 5.75 Å². The molecule has 0 atom stereocenters. The standard InChI is InChI=1S/C9H12N2O2/c1-13-8-5-3-2-4-7(8)6-9(12)11-10/h2-5H,6,10H2,1H3,(H,11,12). The highest BCUT2D eigenvalue weighted by Gasteiger charge is 2.05. The van der Waals surface area contributed by atoms with E-state index in [0.29, 0.717) is 5.75 Å². The quantitative estimate of drug-likeness (QED) is 0.397. The Morgan fingerprint density at radius 2 is 2.23 bits per heavy atom.